The molecule has 0 unspecified atom stereocenters. The molecule has 4 aromatic rings. The van der Waals surface area contributed by atoms with Crippen molar-refractivity contribution in [2.75, 3.05) is 5.73 Å². The average molecular weight is 292 g/mol. The summed E-state index contributed by atoms with van der Waals surface area (Å²) in [5.74, 6) is 2.74. The summed E-state index contributed by atoms with van der Waals surface area (Å²) in [7, 11) is 0. The monoisotopic (exact) mass is 292 g/mol. The van der Waals surface area contributed by atoms with Gasteiger partial charge in [0.25, 0.3) is 0 Å². The number of aromatic amines is 1. The highest BCUT2D eigenvalue weighted by Gasteiger charge is 2.14. The van der Waals surface area contributed by atoms with Crippen molar-refractivity contribution in [2.24, 2.45) is 0 Å². The zero-order valence-corrected chi connectivity index (χ0v) is 11.2. The van der Waals surface area contributed by atoms with E-state index in [4.69, 9.17) is 12.2 Å². The van der Waals surface area contributed by atoms with Crippen LogP contribution in [0, 0.1) is 18.2 Å². The van der Waals surface area contributed by atoms with Gasteiger partial charge in [0, 0.05) is 17.1 Å². The van der Waals surface area contributed by atoms with Crippen LogP contribution in [-0.4, -0.2) is 24.6 Å². The molecule has 0 bridgehead atoms. The number of nitrogens with two attached hydrogens (primary N) is 1. The van der Waals surface area contributed by atoms with E-state index in [0.717, 1.165) is 6.20 Å². The van der Waals surface area contributed by atoms with E-state index >= 15 is 0 Å². The van der Waals surface area contributed by atoms with Crippen LogP contribution in [0.2, 0.25) is 0 Å². The lowest BCUT2D eigenvalue weighted by Gasteiger charge is -2.04. The van der Waals surface area contributed by atoms with Crippen LogP contribution in [0.5, 0.6) is 0 Å². The van der Waals surface area contributed by atoms with Crippen LogP contribution in [0.3, 0.4) is 0 Å². The van der Waals surface area contributed by atoms with Crippen LogP contribution in [0.4, 0.5) is 10.2 Å². The van der Waals surface area contributed by atoms with E-state index in [-0.39, 0.29) is 0 Å². The fourth-order valence-corrected chi connectivity index (χ4v) is 2.41. The highest BCUT2D eigenvalue weighted by Crippen LogP contribution is 2.27. The molecule has 106 valence electrons. The van der Waals surface area contributed by atoms with Crippen molar-refractivity contribution in [1.29, 1.82) is 0 Å². The Labute approximate surface area is 123 Å². The molecule has 0 fully saturated rings. The standard InChI is InChI=1S/C15H9FN6/c1-2-9-3-4-12-13(17)20-15(21-22(9)12)11-7-19-14-10(11)5-8(16)6-18-14/h1,3-7H,(H,18,19)(H2,17,20,21). The number of aromatic nitrogens is 5. The molecule has 6 nitrogen and oxygen atoms in total. The van der Waals surface area contributed by atoms with Crippen LogP contribution >= 0.6 is 0 Å². The quantitative estimate of drug-likeness (QED) is 0.525. The number of rotatable bonds is 1. The highest BCUT2D eigenvalue weighted by atomic mass is 19.1. The van der Waals surface area contributed by atoms with Crippen LogP contribution < -0.4 is 5.73 Å². The third-order valence-corrected chi connectivity index (χ3v) is 3.43. The summed E-state index contributed by atoms with van der Waals surface area (Å²) in [5, 5.41) is 4.98. The Balaban J connectivity index is 2.04. The predicted octanol–water partition coefficient (Wildman–Crippen LogP) is 1.98. The van der Waals surface area contributed by atoms with E-state index in [2.05, 4.69) is 26.0 Å². The van der Waals surface area contributed by atoms with Gasteiger partial charge in [-0.05, 0) is 18.2 Å². The molecule has 0 aliphatic heterocycles. The van der Waals surface area contributed by atoms with Crippen molar-refractivity contribution in [3.8, 4) is 23.7 Å². The number of anilines is 1. The first kappa shape index (κ1) is 12.3. The van der Waals surface area contributed by atoms with Gasteiger partial charge in [-0.15, -0.1) is 11.5 Å². The molecule has 0 spiro atoms. The van der Waals surface area contributed by atoms with Gasteiger partial charge >= 0.3 is 0 Å². The zero-order chi connectivity index (χ0) is 15.3. The first-order valence-electron chi connectivity index (χ1n) is 6.42. The molecule has 0 saturated heterocycles. The fourth-order valence-electron chi connectivity index (χ4n) is 2.41. The average Bonchev–Trinajstić information content (AvgIpc) is 3.10. The number of nitrogens with one attached hydrogen (secondary N) is 1. The first-order chi connectivity index (χ1) is 10.7. The lowest BCUT2D eigenvalue weighted by molar-refractivity contribution is 0.624. The minimum atomic E-state index is -0.437. The number of terminal acetylenes is 1. The Morgan fingerprint density at radius 1 is 1.36 bits per heavy atom. The maximum absolute atomic E-state index is 13.4. The van der Waals surface area contributed by atoms with Crippen LogP contribution in [0.15, 0.2) is 30.6 Å². The molecule has 0 saturated carbocycles. The summed E-state index contributed by atoms with van der Waals surface area (Å²) in [4.78, 5) is 11.2. The predicted molar refractivity (Wildman–Crippen MR) is 80.4 cm³/mol. The van der Waals surface area contributed by atoms with E-state index in [1.807, 2.05) is 0 Å². The van der Waals surface area contributed by atoms with E-state index in [0.29, 0.717) is 39.4 Å². The summed E-state index contributed by atoms with van der Waals surface area (Å²) in [6, 6.07) is 4.86. The summed E-state index contributed by atoms with van der Waals surface area (Å²) in [5.41, 5.74) is 8.30. The van der Waals surface area contributed by atoms with Crippen LogP contribution in [0.25, 0.3) is 27.9 Å². The Bertz CT molecular complexity index is 1070. The molecule has 0 aromatic carbocycles. The fraction of sp³-hybridized carbons (Fsp3) is 0. The summed E-state index contributed by atoms with van der Waals surface area (Å²) < 4.78 is 15.0. The highest BCUT2D eigenvalue weighted by molar-refractivity contribution is 5.91. The van der Waals surface area contributed by atoms with Gasteiger partial charge < -0.3 is 10.7 Å². The third kappa shape index (κ3) is 1.64. The van der Waals surface area contributed by atoms with Gasteiger partial charge in [0.05, 0.1) is 6.20 Å². The van der Waals surface area contributed by atoms with Gasteiger partial charge in [-0.1, -0.05) is 5.92 Å². The maximum Gasteiger partial charge on any atom is 0.184 e. The number of nitrogen functional groups attached to an aromatic ring is 1. The largest absolute Gasteiger partial charge is 0.382 e. The molecule has 7 heteroatoms. The second kappa shape index (κ2) is 4.30. The van der Waals surface area contributed by atoms with Crippen molar-refractivity contribution in [3.63, 3.8) is 0 Å². The van der Waals surface area contributed by atoms with Gasteiger partial charge in [-0.25, -0.2) is 18.9 Å². The third-order valence-electron chi connectivity index (χ3n) is 3.43. The van der Waals surface area contributed by atoms with Crippen LogP contribution in [0.1, 0.15) is 5.69 Å². The van der Waals surface area contributed by atoms with Gasteiger partial charge in [-0.2, -0.15) is 0 Å². The Morgan fingerprint density at radius 3 is 3.05 bits per heavy atom. The lowest BCUT2D eigenvalue weighted by Crippen LogP contribution is -2.04. The number of hydrogen-bond donors (Lipinski definition) is 2. The Morgan fingerprint density at radius 2 is 2.23 bits per heavy atom. The number of hydrogen-bond acceptors (Lipinski definition) is 4. The minimum Gasteiger partial charge on any atom is -0.382 e. The Hall–Kier alpha value is -3.40. The molecule has 3 N–H and O–H groups in total. The van der Waals surface area contributed by atoms with Gasteiger partial charge in [0.1, 0.15) is 22.7 Å². The maximum atomic E-state index is 13.4. The van der Waals surface area contributed by atoms with E-state index in [1.54, 1.807) is 22.8 Å². The number of H-pyrrole nitrogens is 1. The number of pyridine rings is 1. The molecule has 0 radical (unpaired) electrons. The second-order valence-electron chi connectivity index (χ2n) is 4.73. The normalized spacial score (nSPS) is 11.1. The molecule has 0 atom stereocenters. The SMILES string of the molecule is C#Cc1ccc2c(N)nc(-c3c[nH]c4ncc(F)cc34)nn12. The van der Waals surface area contributed by atoms with Gasteiger partial charge in [0.2, 0.25) is 0 Å². The summed E-state index contributed by atoms with van der Waals surface area (Å²) in [6.45, 7) is 0. The van der Waals surface area contributed by atoms with Gasteiger partial charge in [0.15, 0.2) is 11.6 Å². The molecule has 0 amide bonds. The molecule has 0 aliphatic rings. The molecule has 4 rings (SSSR count). The molecular formula is C15H9FN6. The second-order valence-corrected chi connectivity index (χ2v) is 4.73. The van der Waals surface area contributed by atoms with Crippen molar-refractivity contribution >= 4 is 22.4 Å². The topological polar surface area (TPSA) is 84.9 Å². The van der Waals surface area contributed by atoms with E-state index in [1.165, 1.54) is 6.07 Å². The smallest absolute Gasteiger partial charge is 0.184 e. The zero-order valence-electron chi connectivity index (χ0n) is 11.2. The number of halogens is 1. The minimum absolute atomic E-state index is 0.296. The first-order valence-corrected chi connectivity index (χ1v) is 6.42. The molecule has 4 heterocycles. The van der Waals surface area contributed by atoms with E-state index in [9.17, 15) is 4.39 Å². The van der Waals surface area contributed by atoms with E-state index < -0.39 is 5.82 Å². The van der Waals surface area contributed by atoms with Gasteiger partial charge in [-0.3, -0.25) is 0 Å². The summed E-state index contributed by atoms with van der Waals surface area (Å²) in [6.07, 6.45) is 8.26. The molecule has 4 aromatic heterocycles. The molecule has 0 aliphatic carbocycles. The van der Waals surface area contributed by atoms with Crippen molar-refractivity contribution in [2.45, 2.75) is 0 Å². The van der Waals surface area contributed by atoms with Crippen molar-refractivity contribution < 1.29 is 4.39 Å². The van der Waals surface area contributed by atoms with Crippen molar-refractivity contribution in [3.05, 3.63) is 42.1 Å². The summed E-state index contributed by atoms with van der Waals surface area (Å²) >= 11 is 0. The lowest BCUT2D eigenvalue weighted by atomic mass is 10.2. The number of nitrogens with zero attached hydrogens (tertiary/aromatic N) is 4. The number of fused-ring (bicyclic) bond motifs is 2. The molecular weight excluding hydrogens is 283 g/mol. The van der Waals surface area contributed by atoms with Crippen LogP contribution in [-0.2, 0) is 0 Å². The van der Waals surface area contributed by atoms with Crippen molar-refractivity contribution in [1.82, 2.24) is 24.6 Å². The Kier molecular flexibility index (Phi) is 2.41. The molecule has 22 heavy (non-hydrogen) atoms.